The predicted octanol–water partition coefficient (Wildman–Crippen LogP) is 1.33. The van der Waals surface area contributed by atoms with Gasteiger partial charge in [0, 0.05) is 19.5 Å². The van der Waals surface area contributed by atoms with Gasteiger partial charge in [-0.25, -0.2) is 0 Å². The van der Waals surface area contributed by atoms with Crippen LogP contribution < -0.4 is 0 Å². The van der Waals surface area contributed by atoms with Crippen LogP contribution in [0.15, 0.2) is 0 Å². The van der Waals surface area contributed by atoms with Crippen LogP contribution >= 0.6 is 11.6 Å². The molecule has 0 aromatic heterocycles. The fraction of sp³-hybridized carbons (Fsp3) is 1.00. The smallest absolute Gasteiger partial charge is 0.0235 e. The molecule has 0 rings (SSSR count). The van der Waals surface area contributed by atoms with Crippen LogP contribution in [-0.2, 0) is 0 Å². The van der Waals surface area contributed by atoms with Crippen LogP contribution in [0.3, 0.4) is 0 Å². The van der Waals surface area contributed by atoms with Crippen LogP contribution in [0.2, 0.25) is 0 Å². The van der Waals surface area contributed by atoms with Crippen molar-refractivity contribution in [1.29, 1.82) is 0 Å². The molecule has 0 saturated heterocycles. The predicted molar refractivity (Wildman–Crippen MR) is 34.4 cm³/mol. The molecule has 2 nitrogen and oxygen atoms in total. The Hall–Kier alpha value is 0.210. The first-order valence-corrected chi connectivity index (χ1v) is 3.27. The fourth-order valence-electron chi connectivity index (χ4n) is 0.435. The third kappa shape index (κ3) is 6.21. The van der Waals surface area contributed by atoms with Crippen molar-refractivity contribution in [2.75, 3.05) is 19.5 Å². The van der Waals surface area contributed by atoms with Gasteiger partial charge in [0.15, 0.2) is 0 Å². The van der Waals surface area contributed by atoms with E-state index in [1.54, 1.807) is 7.05 Å². The molecule has 0 aliphatic heterocycles. The van der Waals surface area contributed by atoms with Crippen molar-refractivity contribution < 1.29 is 5.21 Å². The number of hydrogen-bond acceptors (Lipinski definition) is 2. The van der Waals surface area contributed by atoms with Crippen LogP contribution in [-0.4, -0.2) is 29.7 Å². The van der Waals surface area contributed by atoms with Gasteiger partial charge in [-0.3, -0.25) is 0 Å². The molecule has 3 heteroatoms. The van der Waals surface area contributed by atoms with Crippen molar-refractivity contribution in [3.63, 3.8) is 0 Å². The van der Waals surface area contributed by atoms with Crippen molar-refractivity contribution in [3.05, 3.63) is 0 Å². The molecule has 0 aromatic rings. The molecule has 0 atom stereocenters. The van der Waals surface area contributed by atoms with Gasteiger partial charge in [0.05, 0.1) is 0 Å². The Morgan fingerprint density at radius 3 is 2.50 bits per heavy atom. The minimum absolute atomic E-state index is 0.688. The molecule has 0 amide bonds. The maximum Gasteiger partial charge on any atom is 0.0235 e. The monoisotopic (exact) mass is 137 g/mol. The van der Waals surface area contributed by atoms with E-state index in [1.165, 1.54) is 5.06 Å². The van der Waals surface area contributed by atoms with Crippen LogP contribution in [0.4, 0.5) is 0 Å². The first kappa shape index (κ1) is 8.21. The van der Waals surface area contributed by atoms with Gasteiger partial charge in [-0.2, -0.15) is 5.06 Å². The van der Waals surface area contributed by atoms with Crippen LogP contribution in [0.1, 0.15) is 12.8 Å². The van der Waals surface area contributed by atoms with E-state index >= 15 is 0 Å². The van der Waals surface area contributed by atoms with E-state index in [9.17, 15) is 0 Å². The Bertz CT molecular complexity index is 49.7. The summed E-state index contributed by atoms with van der Waals surface area (Å²) in [4.78, 5) is 0. The average molecular weight is 138 g/mol. The number of rotatable bonds is 4. The van der Waals surface area contributed by atoms with E-state index in [0.717, 1.165) is 12.8 Å². The molecular weight excluding hydrogens is 126 g/mol. The number of unbranched alkanes of at least 4 members (excludes halogenated alkanes) is 1. The highest BCUT2D eigenvalue weighted by Crippen LogP contribution is 1.91. The Balaban J connectivity index is 2.72. The van der Waals surface area contributed by atoms with E-state index in [2.05, 4.69) is 0 Å². The van der Waals surface area contributed by atoms with Crippen molar-refractivity contribution in [1.82, 2.24) is 5.06 Å². The fourth-order valence-corrected chi connectivity index (χ4v) is 0.624. The first-order chi connectivity index (χ1) is 3.77. The molecule has 0 bridgehead atoms. The van der Waals surface area contributed by atoms with Crippen molar-refractivity contribution in [2.45, 2.75) is 12.8 Å². The Morgan fingerprint density at radius 1 is 1.50 bits per heavy atom. The van der Waals surface area contributed by atoms with Gasteiger partial charge in [0.2, 0.25) is 0 Å². The largest absolute Gasteiger partial charge is 0.314 e. The van der Waals surface area contributed by atoms with E-state index in [-0.39, 0.29) is 0 Å². The molecule has 1 N–H and O–H groups in total. The van der Waals surface area contributed by atoms with Gasteiger partial charge in [0.25, 0.3) is 0 Å². The van der Waals surface area contributed by atoms with Crippen LogP contribution in [0, 0.1) is 0 Å². The number of alkyl halides is 1. The molecule has 0 radical (unpaired) electrons. The highest BCUT2D eigenvalue weighted by atomic mass is 35.5. The molecule has 0 fully saturated rings. The third-order valence-electron chi connectivity index (χ3n) is 0.865. The molecule has 0 spiro atoms. The third-order valence-corrected chi connectivity index (χ3v) is 1.13. The van der Waals surface area contributed by atoms with Crippen molar-refractivity contribution >= 4 is 11.6 Å². The van der Waals surface area contributed by atoms with Gasteiger partial charge in [0.1, 0.15) is 0 Å². The first-order valence-electron chi connectivity index (χ1n) is 2.73. The minimum atomic E-state index is 0.688. The molecule has 0 aliphatic rings. The lowest BCUT2D eigenvalue weighted by atomic mass is 10.3. The second-order valence-corrected chi connectivity index (χ2v) is 2.16. The molecule has 0 unspecified atom stereocenters. The van der Waals surface area contributed by atoms with Gasteiger partial charge in [-0.05, 0) is 12.8 Å². The molecule has 0 saturated carbocycles. The lowest BCUT2D eigenvalue weighted by molar-refractivity contribution is -0.0652. The second kappa shape index (κ2) is 5.35. The summed E-state index contributed by atoms with van der Waals surface area (Å²) >= 11 is 5.38. The van der Waals surface area contributed by atoms with E-state index < -0.39 is 0 Å². The Labute approximate surface area is 55.0 Å². The summed E-state index contributed by atoms with van der Waals surface area (Å²) in [5, 5.41) is 9.74. The number of halogens is 1. The summed E-state index contributed by atoms with van der Waals surface area (Å²) in [5.41, 5.74) is 0. The van der Waals surface area contributed by atoms with Gasteiger partial charge in [-0.15, -0.1) is 11.6 Å². The summed E-state index contributed by atoms with van der Waals surface area (Å²) in [6, 6.07) is 0. The van der Waals surface area contributed by atoms with Crippen LogP contribution in [0.5, 0.6) is 0 Å². The zero-order valence-electron chi connectivity index (χ0n) is 5.10. The SMILES string of the molecule is CN(O)CCCCCl. The summed E-state index contributed by atoms with van der Waals surface area (Å²) in [5.74, 6) is 0.688. The summed E-state index contributed by atoms with van der Waals surface area (Å²) in [7, 11) is 1.63. The maximum atomic E-state index is 8.57. The minimum Gasteiger partial charge on any atom is -0.314 e. The van der Waals surface area contributed by atoms with E-state index in [1.807, 2.05) is 0 Å². The molecule has 50 valence electrons. The summed E-state index contributed by atoms with van der Waals surface area (Å²) in [6.07, 6.45) is 1.95. The zero-order chi connectivity index (χ0) is 6.41. The topological polar surface area (TPSA) is 23.5 Å². The average Bonchev–Trinajstić information content (AvgIpc) is 1.66. The summed E-state index contributed by atoms with van der Waals surface area (Å²) in [6.45, 7) is 0.715. The number of hydroxylamine groups is 2. The second-order valence-electron chi connectivity index (χ2n) is 1.78. The normalized spacial score (nSPS) is 10.5. The van der Waals surface area contributed by atoms with Crippen LogP contribution in [0.25, 0.3) is 0 Å². The molecule has 0 aromatic carbocycles. The van der Waals surface area contributed by atoms with Gasteiger partial charge >= 0.3 is 0 Å². The molecule has 0 heterocycles. The highest BCUT2D eigenvalue weighted by Gasteiger charge is 1.88. The van der Waals surface area contributed by atoms with Crippen molar-refractivity contribution in [3.8, 4) is 0 Å². The standard InChI is InChI=1S/C5H12ClNO/c1-7(8)5-3-2-4-6/h8H,2-5H2,1H3. The quantitative estimate of drug-likeness (QED) is 0.359. The van der Waals surface area contributed by atoms with Gasteiger partial charge in [-0.1, -0.05) is 0 Å². The maximum absolute atomic E-state index is 8.57. The number of nitrogens with zero attached hydrogens (tertiary/aromatic N) is 1. The number of hydrogen-bond donors (Lipinski definition) is 1. The van der Waals surface area contributed by atoms with Crippen molar-refractivity contribution in [2.24, 2.45) is 0 Å². The molecule has 8 heavy (non-hydrogen) atoms. The lowest BCUT2D eigenvalue weighted by Gasteiger charge is -2.04. The van der Waals surface area contributed by atoms with Gasteiger partial charge < -0.3 is 5.21 Å². The Kier molecular flexibility index (Phi) is 5.49. The van der Waals surface area contributed by atoms with E-state index in [0.29, 0.717) is 12.4 Å². The zero-order valence-corrected chi connectivity index (χ0v) is 5.86. The Morgan fingerprint density at radius 2 is 2.12 bits per heavy atom. The summed E-state index contributed by atoms with van der Waals surface area (Å²) < 4.78 is 0. The molecular formula is C5H12ClNO. The van der Waals surface area contributed by atoms with E-state index in [4.69, 9.17) is 16.8 Å². The lowest BCUT2D eigenvalue weighted by Crippen LogP contribution is -2.13. The molecule has 0 aliphatic carbocycles. The highest BCUT2D eigenvalue weighted by molar-refractivity contribution is 6.17.